The van der Waals surface area contributed by atoms with Crippen LogP contribution < -0.4 is 0 Å². The van der Waals surface area contributed by atoms with Crippen LogP contribution in [0.5, 0.6) is 0 Å². The molecule has 0 aliphatic rings. The predicted molar refractivity (Wildman–Crippen MR) is 50.2 cm³/mol. The van der Waals surface area contributed by atoms with E-state index < -0.39 is 12.0 Å². The Kier molecular flexibility index (Phi) is 2.64. The molecule has 66 valence electrons. The normalized spacial score (nSPS) is 12.8. The van der Waals surface area contributed by atoms with Gasteiger partial charge in [0.25, 0.3) is 0 Å². The van der Waals surface area contributed by atoms with Gasteiger partial charge in [-0.1, -0.05) is 0 Å². The first-order valence-electron chi connectivity index (χ1n) is 3.43. The average Bonchev–Trinajstić information content (AvgIpc) is 2.30. The Morgan fingerprint density at radius 3 is 2.75 bits per heavy atom. The van der Waals surface area contributed by atoms with Crippen molar-refractivity contribution in [2.45, 2.75) is 19.9 Å². The quantitative estimate of drug-likeness (QED) is 0.749. The molecule has 1 rings (SSSR count). The molecule has 0 fully saturated rings. The average molecular weight is 203 g/mol. The van der Waals surface area contributed by atoms with Crippen LogP contribution in [0.4, 0.5) is 0 Å². The molecule has 1 heterocycles. The number of nitrogens with zero attached hydrogens (tertiary/aromatic N) is 1. The van der Waals surface area contributed by atoms with Crippen LogP contribution in [-0.2, 0) is 4.79 Å². The third-order valence-corrected chi connectivity index (χ3v) is 2.99. The second-order valence-electron chi connectivity index (χ2n) is 2.53. The van der Waals surface area contributed by atoms with Gasteiger partial charge in [-0.2, -0.15) is 0 Å². The van der Waals surface area contributed by atoms with Gasteiger partial charge in [0.05, 0.1) is 0 Å². The number of thiazole rings is 1. The van der Waals surface area contributed by atoms with Gasteiger partial charge in [0.2, 0.25) is 0 Å². The van der Waals surface area contributed by atoms with E-state index >= 15 is 0 Å². The molecule has 0 aliphatic heterocycles. The van der Waals surface area contributed by atoms with Gasteiger partial charge < -0.3 is 9.67 Å². The van der Waals surface area contributed by atoms with E-state index in [1.54, 1.807) is 11.5 Å². The Bertz CT molecular complexity index is 353. The van der Waals surface area contributed by atoms with Gasteiger partial charge in [0, 0.05) is 11.1 Å². The zero-order valence-electron chi connectivity index (χ0n) is 6.77. The standard InChI is InChI=1S/C7H9NO2S2/c1-4-3-12-7(11)8(4)5(2)6(9)10/h3,5H,1-2H3,(H,9,10)/t5-/m1/s1. The van der Waals surface area contributed by atoms with E-state index in [0.29, 0.717) is 3.95 Å². The molecule has 1 aromatic heterocycles. The van der Waals surface area contributed by atoms with Gasteiger partial charge in [-0.15, -0.1) is 11.3 Å². The SMILES string of the molecule is Cc1csc(=S)n1[C@H](C)C(=O)O. The first-order valence-corrected chi connectivity index (χ1v) is 4.72. The van der Waals surface area contributed by atoms with Crippen LogP contribution in [-0.4, -0.2) is 15.6 Å². The minimum Gasteiger partial charge on any atom is -0.480 e. The molecule has 1 N–H and O–H groups in total. The lowest BCUT2D eigenvalue weighted by molar-refractivity contribution is -0.140. The van der Waals surface area contributed by atoms with Crippen LogP contribution in [0.2, 0.25) is 0 Å². The fourth-order valence-electron chi connectivity index (χ4n) is 0.967. The highest BCUT2D eigenvalue weighted by atomic mass is 32.1. The van der Waals surface area contributed by atoms with Gasteiger partial charge in [-0.25, -0.2) is 4.79 Å². The summed E-state index contributed by atoms with van der Waals surface area (Å²) in [4.78, 5) is 10.6. The van der Waals surface area contributed by atoms with Crippen LogP contribution in [0.1, 0.15) is 18.7 Å². The second-order valence-corrected chi connectivity index (χ2v) is 4.03. The van der Waals surface area contributed by atoms with Crippen LogP contribution in [0, 0.1) is 10.9 Å². The maximum Gasteiger partial charge on any atom is 0.326 e. The Morgan fingerprint density at radius 1 is 1.83 bits per heavy atom. The summed E-state index contributed by atoms with van der Waals surface area (Å²) >= 11 is 6.38. The number of carboxylic acid groups (broad SMARTS) is 1. The van der Waals surface area contributed by atoms with E-state index in [2.05, 4.69) is 0 Å². The van der Waals surface area contributed by atoms with E-state index in [-0.39, 0.29) is 0 Å². The molecule has 0 saturated heterocycles. The van der Waals surface area contributed by atoms with Crippen molar-refractivity contribution >= 4 is 29.5 Å². The smallest absolute Gasteiger partial charge is 0.326 e. The second kappa shape index (κ2) is 3.37. The molecule has 12 heavy (non-hydrogen) atoms. The molecular weight excluding hydrogens is 194 g/mol. The molecule has 0 radical (unpaired) electrons. The first-order chi connectivity index (χ1) is 5.54. The van der Waals surface area contributed by atoms with Crippen molar-refractivity contribution in [2.24, 2.45) is 0 Å². The molecule has 1 aromatic rings. The number of aryl methyl sites for hydroxylation is 1. The molecule has 5 heteroatoms. The number of carbonyl (C=O) groups is 1. The molecule has 0 bridgehead atoms. The van der Waals surface area contributed by atoms with Crippen molar-refractivity contribution in [2.75, 3.05) is 0 Å². The van der Waals surface area contributed by atoms with E-state index in [0.717, 1.165) is 5.69 Å². The number of aromatic nitrogens is 1. The summed E-state index contributed by atoms with van der Waals surface area (Å²) in [5, 5.41) is 10.6. The van der Waals surface area contributed by atoms with Crippen molar-refractivity contribution in [3.05, 3.63) is 15.0 Å². The summed E-state index contributed by atoms with van der Waals surface area (Å²) < 4.78 is 2.25. The molecule has 0 amide bonds. The highest BCUT2D eigenvalue weighted by Crippen LogP contribution is 2.16. The lowest BCUT2D eigenvalue weighted by Crippen LogP contribution is -2.16. The molecular formula is C7H9NO2S2. The number of aliphatic carboxylic acids is 1. The van der Waals surface area contributed by atoms with E-state index in [1.165, 1.54) is 11.3 Å². The molecule has 0 saturated carbocycles. The molecule has 0 aliphatic carbocycles. The minimum absolute atomic E-state index is 0.566. The molecule has 0 spiro atoms. The van der Waals surface area contributed by atoms with E-state index in [1.807, 2.05) is 12.3 Å². The Morgan fingerprint density at radius 2 is 2.42 bits per heavy atom. The Balaban J connectivity index is 3.18. The van der Waals surface area contributed by atoms with Crippen LogP contribution in [0.3, 0.4) is 0 Å². The van der Waals surface area contributed by atoms with E-state index in [9.17, 15) is 4.79 Å². The number of carboxylic acids is 1. The minimum atomic E-state index is -0.854. The van der Waals surface area contributed by atoms with Crippen molar-refractivity contribution in [3.8, 4) is 0 Å². The monoisotopic (exact) mass is 203 g/mol. The summed E-state index contributed by atoms with van der Waals surface area (Å²) in [5.74, 6) is -0.854. The van der Waals surface area contributed by atoms with Crippen LogP contribution in [0.15, 0.2) is 5.38 Å². The van der Waals surface area contributed by atoms with Crippen LogP contribution >= 0.6 is 23.6 Å². The van der Waals surface area contributed by atoms with Crippen molar-refractivity contribution < 1.29 is 9.90 Å². The summed E-state index contributed by atoms with van der Waals surface area (Å²) in [6.07, 6.45) is 0. The van der Waals surface area contributed by atoms with Crippen molar-refractivity contribution in [1.82, 2.24) is 4.57 Å². The van der Waals surface area contributed by atoms with Gasteiger partial charge in [0.1, 0.15) is 6.04 Å². The summed E-state index contributed by atoms with van der Waals surface area (Å²) in [5.41, 5.74) is 0.903. The number of rotatable bonds is 2. The Labute approximate surface area is 79.3 Å². The van der Waals surface area contributed by atoms with Gasteiger partial charge in [-0.05, 0) is 26.1 Å². The predicted octanol–water partition coefficient (Wildman–Crippen LogP) is 2.23. The summed E-state index contributed by atoms with van der Waals surface area (Å²) in [6.45, 7) is 3.48. The van der Waals surface area contributed by atoms with Gasteiger partial charge in [-0.3, -0.25) is 0 Å². The maximum atomic E-state index is 10.6. The highest BCUT2D eigenvalue weighted by molar-refractivity contribution is 7.73. The Hall–Kier alpha value is -0.680. The first kappa shape index (κ1) is 9.41. The van der Waals surface area contributed by atoms with Crippen molar-refractivity contribution in [3.63, 3.8) is 0 Å². The van der Waals surface area contributed by atoms with Crippen LogP contribution in [0.25, 0.3) is 0 Å². The molecule has 0 unspecified atom stereocenters. The number of hydrogen-bond donors (Lipinski definition) is 1. The van der Waals surface area contributed by atoms with Gasteiger partial charge in [0.15, 0.2) is 3.95 Å². The molecule has 3 nitrogen and oxygen atoms in total. The van der Waals surface area contributed by atoms with Crippen molar-refractivity contribution in [1.29, 1.82) is 0 Å². The molecule has 1 atom stereocenters. The topological polar surface area (TPSA) is 42.2 Å². The number of hydrogen-bond acceptors (Lipinski definition) is 3. The summed E-state index contributed by atoms with van der Waals surface area (Å²) in [7, 11) is 0. The maximum absolute atomic E-state index is 10.6. The lowest BCUT2D eigenvalue weighted by Gasteiger charge is -2.09. The van der Waals surface area contributed by atoms with E-state index in [4.69, 9.17) is 17.3 Å². The lowest BCUT2D eigenvalue weighted by atomic mass is 10.3. The molecule has 0 aromatic carbocycles. The third kappa shape index (κ3) is 1.56. The fraction of sp³-hybridized carbons (Fsp3) is 0.429. The largest absolute Gasteiger partial charge is 0.480 e. The zero-order valence-corrected chi connectivity index (χ0v) is 8.41. The summed E-state index contributed by atoms with van der Waals surface area (Å²) in [6, 6.07) is -0.566. The third-order valence-electron chi connectivity index (χ3n) is 1.65. The fourth-order valence-corrected chi connectivity index (χ4v) is 2.21. The van der Waals surface area contributed by atoms with Gasteiger partial charge >= 0.3 is 5.97 Å². The highest BCUT2D eigenvalue weighted by Gasteiger charge is 2.15. The zero-order chi connectivity index (χ0) is 9.30.